The molecule has 0 radical (unpaired) electrons. The lowest BCUT2D eigenvalue weighted by Crippen LogP contribution is -2.25. The maximum Gasteiger partial charge on any atom is 0.230 e. The molecule has 82 valence electrons. The highest BCUT2D eigenvalue weighted by molar-refractivity contribution is 9.09. The number of rotatable bonds is 7. The van der Waals surface area contributed by atoms with E-state index in [4.69, 9.17) is 0 Å². The zero-order chi connectivity index (χ0) is 10.8. The number of hydrogen-bond acceptors (Lipinski definition) is 3. The van der Waals surface area contributed by atoms with Crippen molar-refractivity contribution in [2.75, 3.05) is 18.1 Å². The number of nitrogens with one attached hydrogen (secondary N) is 1. The molecule has 0 bridgehead atoms. The molecule has 0 fully saturated rings. The van der Waals surface area contributed by atoms with Crippen LogP contribution in [0.25, 0.3) is 0 Å². The van der Waals surface area contributed by atoms with Gasteiger partial charge >= 0.3 is 0 Å². The summed E-state index contributed by atoms with van der Waals surface area (Å²) in [5, 5.41) is 3.36. The molecule has 0 aliphatic heterocycles. The molecular weight excluding hydrogens is 266 g/mol. The van der Waals surface area contributed by atoms with Crippen LogP contribution in [0.15, 0.2) is 0 Å². The van der Waals surface area contributed by atoms with Crippen LogP contribution in [0.2, 0.25) is 0 Å². The van der Waals surface area contributed by atoms with Gasteiger partial charge in [-0.15, -0.1) is 0 Å². The number of halogens is 1. The zero-order valence-electron chi connectivity index (χ0n) is 8.35. The molecule has 1 amide bonds. The predicted molar refractivity (Wildman–Crippen MR) is 63.8 cm³/mol. The molecule has 0 aliphatic carbocycles. The summed E-state index contributed by atoms with van der Waals surface area (Å²) in [6.45, 7) is 0.706. The Bertz CT molecular complexity index is 168. The summed E-state index contributed by atoms with van der Waals surface area (Å²) < 4.78 is 0. The molecule has 0 unspecified atom stereocenters. The number of thioether (sulfide) groups is 1. The van der Waals surface area contributed by atoms with Crippen LogP contribution in [-0.2, 0) is 9.59 Å². The summed E-state index contributed by atoms with van der Waals surface area (Å²) in [5.41, 5.74) is 0. The van der Waals surface area contributed by atoms with E-state index in [0.29, 0.717) is 18.3 Å². The first-order chi connectivity index (χ1) is 6.70. The molecule has 0 aliphatic rings. The standard InChI is InChI=1S/C9H16BrNO2S/c1-14-9(13)5-3-2-4-6-11-8(12)7-10/h2-7H2,1H3,(H,11,12). The molecule has 0 aromatic carbocycles. The predicted octanol–water partition coefficient (Wildman–Crippen LogP) is 1.95. The van der Waals surface area contributed by atoms with Gasteiger partial charge in [0.1, 0.15) is 0 Å². The minimum atomic E-state index is 0.0187. The lowest BCUT2D eigenvalue weighted by atomic mass is 10.2. The lowest BCUT2D eigenvalue weighted by molar-refractivity contribution is -0.118. The first-order valence-electron chi connectivity index (χ1n) is 4.60. The van der Waals surface area contributed by atoms with Gasteiger partial charge in [-0.2, -0.15) is 0 Å². The fraction of sp³-hybridized carbons (Fsp3) is 0.778. The number of unbranched alkanes of at least 4 members (excludes halogenated alkanes) is 2. The van der Waals surface area contributed by atoms with E-state index < -0.39 is 0 Å². The molecular formula is C9H16BrNO2S. The van der Waals surface area contributed by atoms with E-state index in [1.165, 1.54) is 11.8 Å². The van der Waals surface area contributed by atoms with Crippen molar-refractivity contribution in [3.8, 4) is 0 Å². The van der Waals surface area contributed by atoms with Crippen LogP contribution < -0.4 is 5.32 Å². The van der Waals surface area contributed by atoms with Crippen LogP contribution in [0, 0.1) is 0 Å². The van der Waals surface area contributed by atoms with E-state index in [2.05, 4.69) is 21.2 Å². The highest BCUT2D eigenvalue weighted by Crippen LogP contribution is 2.06. The number of carbonyl (C=O) groups excluding carboxylic acids is 2. The summed E-state index contributed by atoms with van der Waals surface area (Å²) >= 11 is 4.35. The van der Waals surface area contributed by atoms with Crippen molar-refractivity contribution < 1.29 is 9.59 Å². The highest BCUT2D eigenvalue weighted by atomic mass is 79.9. The van der Waals surface area contributed by atoms with E-state index in [0.717, 1.165) is 19.3 Å². The van der Waals surface area contributed by atoms with Gasteiger partial charge in [-0.05, 0) is 19.1 Å². The van der Waals surface area contributed by atoms with Crippen molar-refractivity contribution in [3.05, 3.63) is 0 Å². The molecule has 0 atom stereocenters. The maximum absolute atomic E-state index is 10.9. The topological polar surface area (TPSA) is 46.2 Å². The fourth-order valence-corrected chi connectivity index (χ4v) is 1.49. The van der Waals surface area contributed by atoms with Gasteiger partial charge < -0.3 is 5.32 Å². The smallest absolute Gasteiger partial charge is 0.230 e. The van der Waals surface area contributed by atoms with Gasteiger partial charge in [0.15, 0.2) is 5.12 Å². The second kappa shape index (κ2) is 9.52. The third-order valence-corrected chi connectivity index (χ3v) is 2.90. The Morgan fingerprint density at radius 2 is 2.00 bits per heavy atom. The van der Waals surface area contributed by atoms with Crippen LogP contribution in [0.1, 0.15) is 25.7 Å². The SMILES string of the molecule is CSC(=O)CCCCCNC(=O)CBr. The number of alkyl halides is 1. The van der Waals surface area contributed by atoms with Gasteiger partial charge in [0, 0.05) is 13.0 Å². The average molecular weight is 282 g/mol. The van der Waals surface area contributed by atoms with Gasteiger partial charge in [-0.1, -0.05) is 34.1 Å². The minimum Gasteiger partial charge on any atom is -0.355 e. The molecule has 5 heteroatoms. The number of carbonyl (C=O) groups is 2. The van der Waals surface area contributed by atoms with Gasteiger partial charge in [0.25, 0.3) is 0 Å². The molecule has 0 saturated heterocycles. The molecule has 0 aromatic heterocycles. The largest absolute Gasteiger partial charge is 0.355 e. The van der Waals surface area contributed by atoms with Crippen LogP contribution >= 0.6 is 27.7 Å². The van der Waals surface area contributed by atoms with E-state index in [1.54, 1.807) is 6.26 Å². The van der Waals surface area contributed by atoms with E-state index in [9.17, 15) is 9.59 Å². The molecule has 0 spiro atoms. The molecule has 0 aromatic rings. The van der Waals surface area contributed by atoms with Crippen molar-refractivity contribution in [2.45, 2.75) is 25.7 Å². The van der Waals surface area contributed by atoms with E-state index in [-0.39, 0.29) is 11.0 Å². The summed E-state index contributed by atoms with van der Waals surface area (Å²) in [6.07, 6.45) is 5.31. The highest BCUT2D eigenvalue weighted by Gasteiger charge is 1.99. The second-order valence-corrected chi connectivity index (χ2v) is 4.29. The summed E-state index contributed by atoms with van der Waals surface area (Å²) in [5.74, 6) is 0.0187. The van der Waals surface area contributed by atoms with Gasteiger partial charge in [-0.3, -0.25) is 9.59 Å². The first-order valence-corrected chi connectivity index (χ1v) is 6.94. The van der Waals surface area contributed by atoms with Crippen LogP contribution in [0.4, 0.5) is 0 Å². The monoisotopic (exact) mass is 281 g/mol. The Hall–Kier alpha value is -0.0300. The van der Waals surface area contributed by atoms with Crippen LogP contribution in [0.5, 0.6) is 0 Å². The molecule has 14 heavy (non-hydrogen) atoms. The molecule has 3 nitrogen and oxygen atoms in total. The average Bonchev–Trinajstić information content (AvgIpc) is 2.22. The molecule has 0 rings (SSSR count). The zero-order valence-corrected chi connectivity index (χ0v) is 10.7. The van der Waals surface area contributed by atoms with E-state index >= 15 is 0 Å². The van der Waals surface area contributed by atoms with Crippen molar-refractivity contribution in [1.29, 1.82) is 0 Å². The van der Waals surface area contributed by atoms with Crippen molar-refractivity contribution in [3.63, 3.8) is 0 Å². The summed E-state index contributed by atoms with van der Waals surface area (Å²) in [4.78, 5) is 21.7. The molecule has 0 heterocycles. The number of amides is 1. The van der Waals surface area contributed by atoms with Gasteiger partial charge in [0.2, 0.25) is 5.91 Å². The quantitative estimate of drug-likeness (QED) is 0.573. The molecule has 1 N–H and O–H groups in total. The van der Waals surface area contributed by atoms with Crippen molar-refractivity contribution in [2.24, 2.45) is 0 Å². The Labute approximate surface area is 97.5 Å². The summed E-state index contributed by atoms with van der Waals surface area (Å²) in [7, 11) is 0. The summed E-state index contributed by atoms with van der Waals surface area (Å²) in [6, 6.07) is 0. The Morgan fingerprint density at radius 1 is 1.29 bits per heavy atom. The van der Waals surface area contributed by atoms with E-state index in [1.807, 2.05) is 0 Å². The normalized spacial score (nSPS) is 9.86. The third kappa shape index (κ3) is 8.56. The number of hydrogen-bond donors (Lipinski definition) is 1. The third-order valence-electron chi connectivity index (χ3n) is 1.73. The van der Waals surface area contributed by atoms with Crippen molar-refractivity contribution >= 4 is 38.7 Å². The maximum atomic E-state index is 10.9. The van der Waals surface area contributed by atoms with Gasteiger partial charge in [-0.25, -0.2) is 0 Å². The second-order valence-electron chi connectivity index (χ2n) is 2.87. The Morgan fingerprint density at radius 3 is 2.57 bits per heavy atom. The minimum absolute atomic E-state index is 0.0187. The lowest BCUT2D eigenvalue weighted by Gasteiger charge is -2.02. The fourth-order valence-electron chi connectivity index (χ4n) is 0.948. The Kier molecular flexibility index (Phi) is 9.50. The first kappa shape index (κ1) is 14.0. The van der Waals surface area contributed by atoms with Crippen molar-refractivity contribution in [1.82, 2.24) is 5.32 Å². The van der Waals surface area contributed by atoms with Crippen LogP contribution in [-0.4, -0.2) is 29.2 Å². The Balaban J connectivity index is 3.14. The van der Waals surface area contributed by atoms with Crippen LogP contribution in [0.3, 0.4) is 0 Å². The van der Waals surface area contributed by atoms with Gasteiger partial charge in [0.05, 0.1) is 5.33 Å². The molecule has 0 saturated carbocycles.